The SMILES string of the molecule is CC=CC=C(C=CCCCCCCCCCC)OC(=O)CC1(SCc2c(OC)cc(OC)cc2OC)C2CC3CC(C2)CC1C3. The third-order valence-electron chi connectivity index (χ3n) is 10.4. The lowest BCUT2D eigenvalue weighted by Crippen LogP contribution is -2.56. The van der Waals surface area contributed by atoms with E-state index in [2.05, 4.69) is 13.0 Å². The van der Waals surface area contributed by atoms with Crippen molar-refractivity contribution in [3.05, 3.63) is 53.8 Å². The Morgan fingerprint density at radius 3 is 2.02 bits per heavy atom. The Balaban J connectivity index is 1.43. The monoisotopic (exact) mass is 638 g/mol. The number of rotatable bonds is 20. The summed E-state index contributed by atoms with van der Waals surface area (Å²) in [5, 5.41) is 0. The van der Waals surface area contributed by atoms with Crippen LogP contribution in [0.25, 0.3) is 0 Å². The van der Waals surface area contributed by atoms with Gasteiger partial charge in [0.15, 0.2) is 0 Å². The highest BCUT2D eigenvalue weighted by atomic mass is 32.2. The molecule has 5 rings (SSSR count). The molecule has 4 aliphatic rings. The van der Waals surface area contributed by atoms with E-state index in [1.54, 1.807) is 21.3 Å². The van der Waals surface area contributed by atoms with Crippen molar-refractivity contribution in [1.29, 1.82) is 0 Å². The Hall–Kier alpha value is -2.34. The summed E-state index contributed by atoms with van der Waals surface area (Å²) in [4.78, 5) is 13.8. The molecule has 250 valence electrons. The molecule has 4 bridgehead atoms. The fourth-order valence-corrected chi connectivity index (χ4v) is 10.1. The van der Waals surface area contributed by atoms with Gasteiger partial charge in [-0.15, -0.1) is 11.8 Å². The summed E-state index contributed by atoms with van der Waals surface area (Å²) in [5.41, 5.74) is 1.02. The first kappa shape index (κ1) is 35.5. The number of unbranched alkanes of at least 4 members (excludes halogenated alkanes) is 8. The second-order valence-corrected chi connectivity index (χ2v) is 14.8. The van der Waals surface area contributed by atoms with Crippen molar-refractivity contribution in [2.45, 2.75) is 121 Å². The average molecular weight is 639 g/mol. The Labute approximate surface area is 277 Å². The maximum atomic E-state index is 13.8. The van der Waals surface area contributed by atoms with E-state index < -0.39 is 0 Å². The van der Waals surface area contributed by atoms with E-state index >= 15 is 0 Å². The summed E-state index contributed by atoms with van der Waals surface area (Å²) in [5.74, 6) is 6.16. The van der Waals surface area contributed by atoms with Crippen LogP contribution in [0.2, 0.25) is 0 Å². The van der Waals surface area contributed by atoms with Gasteiger partial charge in [-0.2, -0.15) is 0 Å². The molecule has 1 aromatic carbocycles. The lowest BCUT2D eigenvalue weighted by Gasteiger charge is -2.60. The van der Waals surface area contributed by atoms with Gasteiger partial charge in [0.1, 0.15) is 23.0 Å². The summed E-state index contributed by atoms with van der Waals surface area (Å²) in [7, 11) is 5.04. The van der Waals surface area contributed by atoms with Gasteiger partial charge >= 0.3 is 5.97 Å². The van der Waals surface area contributed by atoms with Crippen molar-refractivity contribution in [3.63, 3.8) is 0 Å². The fraction of sp³-hybridized carbons (Fsp3) is 0.667. The van der Waals surface area contributed by atoms with Gasteiger partial charge in [-0.1, -0.05) is 70.1 Å². The highest BCUT2D eigenvalue weighted by molar-refractivity contribution is 8.00. The zero-order valence-corrected chi connectivity index (χ0v) is 29.4. The van der Waals surface area contributed by atoms with E-state index in [-0.39, 0.29) is 10.7 Å². The van der Waals surface area contributed by atoms with Gasteiger partial charge in [0.25, 0.3) is 0 Å². The topological polar surface area (TPSA) is 54.0 Å². The number of hydrogen-bond donors (Lipinski definition) is 0. The normalized spacial score (nSPS) is 25.8. The number of benzene rings is 1. The standard InChI is InChI=1S/C39H58O5S/c1-6-8-10-11-12-13-14-15-16-17-19-33(18-9-7-2)44-38(40)27-39(31-21-29-20-30(23-31)24-32(39)22-29)45-28-35-36(42-4)25-34(41-3)26-37(35)43-5/h7,9,17-19,25-26,29-32H,6,8,10-16,20-24,27-28H2,1-5H3. The number of allylic oxidation sites excluding steroid dienone is 5. The average Bonchev–Trinajstić information content (AvgIpc) is 3.04. The van der Waals surface area contributed by atoms with Crippen molar-refractivity contribution in [2.75, 3.05) is 21.3 Å². The molecule has 4 aliphatic carbocycles. The molecule has 0 aliphatic heterocycles. The zero-order valence-electron chi connectivity index (χ0n) is 28.6. The number of esters is 1. The third-order valence-corrected chi connectivity index (χ3v) is 12.2. The summed E-state index contributed by atoms with van der Waals surface area (Å²) >= 11 is 1.94. The molecule has 0 radical (unpaired) electrons. The third kappa shape index (κ3) is 9.59. The molecule has 6 heteroatoms. The second kappa shape index (κ2) is 18.1. The molecule has 0 atom stereocenters. The number of ether oxygens (including phenoxy) is 4. The summed E-state index contributed by atoms with van der Waals surface area (Å²) in [6.45, 7) is 4.25. The van der Waals surface area contributed by atoms with Crippen LogP contribution in [0, 0.1) is 23.7 Å². The van der Waals surface area contributed by atoms with Crippen LogP contribution >= 0.6 is 11.8 Å². The molecule has 0 N–H and O–H groups in total. The first-order chi connectivity index (χ1) is 22.0. The molecular formula is C39H58O5S. The zero-order chi connectivity index (χ0) is 32.1. The van der Waals surface area contributed by atoms with E-state index in [1.165, 1.54) is 83.5 Å². The van der Waals surface area contributed by atoms with Crippen LogP contribution in [0.15, 0.2) is 48.3 Å². The van der Waals surface area contributed by atoms with Crippen molar-refractivity contribution in [2.24, 2.45) is 23.7 Å². The minimum absolute atomic E-state index is 0.115. The molecule has 0 amide bonds. The summed E-state index contributed by atoms with van der Waals surface area (Å²) < 4.78 is 23.1. The highest BCUT2D eigenvalue weighted by Crippen LogP contribution is 2.64. The van der Waals surface area contributed by atoms with Crippen LogP contribution in [0.3, 0.4) is 0 Å². The number of hydrogen-bond acceptors (Lipinski definition) is 6. The lowest BCUT2D eigenvalue weighted by atomic mass is 9.51. The second-order valence-electron chi connectivity index (χ2n) is 13.5. The fourth-order valence-electron chi connectivity index (χ4n) is 8.29. The van der Waals surface area contributed by atoms with Gasteiger partial charge in [0.2, 0.25) is 0 Å². The van der Waals surface area contributed by atoms with Gasteiger partial charge in [-0.3, -0.25) is 4.79 Å². The van der Waals surface area contributed by atoms with Crippen LogP contribution in [0.1, 0.15) is 116 Å². The van der Waals surface area contributed by atoms with Gasteiger partial charge in [-0.05, 0) is 87.7 Å². The highest BCUT2D eigenvalue weighted by Gasteiger charge is 2.58. The van der Waals surface area contributed by atoms with Crippen molar-refractivity contribution in [3.8, 4) is 17.2 Å². The number of methoxy groups -OCH3 is 3. The summed E-state index contributed by atoms with van der Waals surface area (Å²) in [6, 6.07) is 3.85. The molecule has 0 saturated heterocycles. The molecule has 45 heavy (non-hydrogen) atoms. The Morgan fingerprint density at radius 2 is 1.47 bits per heavy atom. The molecule has 4 fully saturated rings. The van der Waals surface area contributed by atoms with E-state index in [4.69, 9.17) is 18.9 Å². The number of carbonyl (C=O) groups is 1. The first-order valence-electron chi connectivity index (χ1n) is 17.6. The first-order valence-corrected chi connectivity index (χ1v) is 18.6. The molecular weight excluding hydrogens is 580 g/mol. The summed E-state index contributed by atoms with van der Waals surface area (Å²) in [6.07, 6.45) is 28.2. The maximum Gasteiger partial charge on any atom is 0.312 e. The Kier molecular flexibility index (Phi) is 14.3. The van der Waals surface area contributed by atoms with Crippen LogP contribution in [-0.2, 0) is 15.3 Å². The Bertz CT molecular complexity index is 1110. The van der Waals surface area contributed by atoms with Crippen LogP contribution < -0.4 is 14.2 Å². The van der Waals surface area contributed by atoms with Gasteiger partial charge in [0, 0.05) is 28.2 Å². The smallest absolute Gasteiger partial charge is 0.312 e. The quantitative estimate of drug-likeness (QED) is 0.0613. The lowest BCUT2D eigenvalue weighted by molar-refractivity contribution is -0.142. The van der Waals surface area contributed by atoms with Crippen LogP contribution in [-0.4, -0.2) is 32.0 Å². The predicted molar refractivity (Wildman–Crippen MR) is 187 cm³/mol. The van der Waals surface area contributed by atoms with E-state index in [1.807, 2.05) is 55.1 Å². The predicted octanol–water partition coefficient (Wildman–Crippen LogP) is 10.6. The Morgan fingerprint density at radius 1 is 0.867 bits per heavy atom. The molecule has 0 unspecified atom stereocenters. The largest absolute Gasteiger partial charge is 0.496 e. The maximum absolute atomic E-state index is 13.8. The minimum Gasteiger partial charge on any atom is -0.496 e. The molecule has 0 heterocycles. The molecule has 4 saturated carbocycles. The molecule has 0 aromatic heterocycles. The number of carbonyl (C=O) groups excluding carboxylic acids is 1. The molecule has 0 spiro atoms. The molecule has 1 aromatic rings. The van der Waals surface area contributed by atoms with E-state index in [0.717, 1.165) is 35.3 Å². The van der Waals surface area contributed by atoms with Crippen molar-refractivity contribution < 1.29 is 23.7 Å². The number of thioether (sulfide) groups is 1. The van der Waals surface area contributed by atoms with E-state index in [9.17, 15) is 4.79 Å². The van der Waals surface area contributed by atoms with Gasteiger partial charge < -0.3 is 18.9 Å². The van der Waals surface area contributed by atoms with Gasteiger partial charge in [-0.25, -0.2) is 0 Å². The minimum atomic E-state index is -0.146. The molecule has 5 nitrogen and oxygen atoms in total. The van der Waals surface area contributed by atoms with Crippen molar-refractivity contribution >= 4 is 17.7 Å². The van der Waals surface area contributed by atoms with E-state index in [0.29, 0.717) is 35.5 Å². The van der Waals surface area contributed by atoms with Gasteiger partial charge in [0.05, 0.1) is 27.8 Å². The van der Waals surface area contributed by atoms with Crippen LogP contribution in [0.5, 0.6) is 17.2 Å². The van der Waals surface area contributed by atoms with Crippen LogP contribution in [0.4, 0.5) is 0 Å². The van der Waals surface area contributed by atoms with Crippen molar-refractivity contribution in [1.82, 2.24) is 0 Å².